The zero-order valence-electron chi connectivity index (χ0n) is 11.0. The number of ether oxygens (including phenoxy) is 1. The maximum absolute atomic E-state index is 11.8. The lowest BCUT2D eigenvalue weighted by Crippen LogP contribution is -2.36. The van der Waals surface area contributed by atoms with E-state index >= 15 is 0 Å². The number of carbonyl (C=O) groups excluding carboxylic acids is 1. The summed E-state index contributed by atoms with van der Waals surface area (Å²) in [4.78, 5) is 14.1. The molecule has 0 spiro atoms. The van der Waals surface area contributed by atoms with Crippen LogP contribution in [0.1, 0.15) is 38.5 Å². The zero-order valence-corrected chi connectivity index (χ0v) is 11.0. The van der Waals surface area contributed by atoms with Crippen molar-refractivity contribution >= 4 is 5.78 Å². The van der Waals surface area contributed by atoms with Crippen molar-refractivity contribution in [3.63, 3.8) is 0 Å². The van der Waals surface area contributed by atoms with Crippen LogP contribution in [0.2, 0.25) is 0 Å². The highest BCUT2D eigenvalue weighted by molar-refractivity contribution is 5.81. The molecule has 1 aliphatic carbocycles. The van der Waals surface area contributed by atoms with E-state index in [2.05, 4.69) is 11.9 Å². The van der Waals surface area contributed by atoms with Gasteiger partial charge in [-0.05, 0) is 38.6 Å². The molecule has 0 aromatic heterocycles. The molecule has 1 unspecified atom stereocenters. The van der Waals surface area contributed by atoms with Crippen LogP contribution in [-0.4, -0.2) is 44.0 Å². The molecule has 1 saturated heterocycles. The van der Waals surface area contributed by atoms with E-state index in [1.807, 2.05) is 0 Å². The third-order valence-corrected chi connectivity index (χ3v) is 4.12. The van der Waals surface area contributed by atoms with E-state index in [0.717, 1.165) is 51.5 Å². The highest BCUT2D eigenvalue weighted by atomic mass is 16.5. The molecule has 98 valence electrons. The Morgan fingerprint density at radius 1 is 1.18 bits per heavy atom. The summed E-state index contributed by atoms with van der Waals surface area (Å²) in [6.45, 7) is 3.94. The summed E-state index contributed by atoms with van der Waals surface area (Å²) in [7, 11) is 2.16. The first-order valence-electron chi connectivity index (χ1n) is 7.04. The van der Waals surface area contributed by atoms with Gasteiger partial charge in [0.1, 0.15) is 5.78 Å². The van der Waals surface area contributed by atoms with Crippen molar-refractivity contribution in [3.05, 3.63) is 0 Å². The Labute approximate surface area is 105 Å². The number of rotatable bonds is 4. The quantitative estimate of drug-likeness (QED) is 0.752. The standard InChI is InChI=1S/C14H25NO2/c1-15(10-12-6-8-17-9-7-12)11-13-4-2-3-5-14(13)16/h12-13H,2-11H2,1H3. The molecule has 2 aliphatic rings. The van der Waals surface area contributed by atoms with Crippen molar-refractivity contribution < 1.29 is 9.53 Å². The lowest BCUT2D eigenvalue weighted by atomic mass is 9.87. The average molecular weight is 239 g/mol. The molecule has 2 fully saturated rings. The fraction of sp³-hybridized carbons (Fsp3) is 0.929. The molecule has 0 radical (unpaired) electrons. The van der Waals surface area contributed by atoms with Crippen molar-refractivity contribution in [2.45, 2.75) is 38.5 Å². The molecule has 0 amide bonds. The van der Waals surface area contributed by atoms with Gasteiger partial charge in [-0.25, -0.2) is 0 Å². The molecular weight excluding hydrogens is 214 g/mol. The minimum atomic E-state index is 0.314. The molecule has 0 aromatic rings. The van der Waals surface area contributed by atoms with Crippen LogP contribution in [0.5, 0.6) is 0 Å². The fourth-order valence-electron chi connectivity index (χ4n) is 3.07. The van der Waals surface area contributed by atoms with E-state index in [-0.39, 0.29) is 0 Å². The lowest BCUT2D eigenvalue weighted by molar-refractivity contribution is -0.125. The summed E-state index contributed by atoms with van der Waals surface area (Å²) in [6.07, 6.45) is 6.64. The Kier molecular flexibility index (Phi) is 4.99. The number of Topliss-reactive ketones (excluding diaryl/α,β-unsaturated/α-hetero) is 1. The minimum absolute atomic E-state index is 0.314. The highest BCUT2D eigenvalue weighted by Gasteiger charge is 2.24. The van der Waals surface area contributed by atoms with Crippen molar-refractivity contribution in [3.8, 4) is 0 Å². The molecule has 1 aliphatic heterocycles. The van der Waals surface area contributed by atoms with E-state index in [4.69, 9.17) is 4.74 Å². The van der Waals surface area contributed by atoms with Gasteiger partial charge in [-0.15, -0.1) is 0 Å². The van der Waals surface area contributed by atoms with Crippen LogP contribution in [0, 0.1) is 11.8 Å². The van der Waals surface area contributed by atoms with Crippen LogP contribution < -0.4 is 0 Å². The van der Waals surface area contributed by atoms with Crippen LogP contribution in [0.15, 0.2) is 0 Å². The lowest BCUT2D eigenvalue weighted by Gasteiger charge is -2.30. The first-order chi connectivity index (χ1) is 8.25. The number of ketones is 1. The van der Waals surface area contributed by atoms with Gasteiger partial charge in [0.2, 0.25) is 0 Å². The summed E-state index contributed by atoms with van der Waals surface area (Å²) in [5.41, 5.74) is 0. The Morgan fingerprint density at radius 2 is 1.94 bits per heavy atom. The van der Waals surface area contributed by atoms with Crippen LogP contribution in [0.25, 0.3) is 0 Å². The first-order valence-corrected chi connectivity index (χ1v) is 7.04. The monoisotopic (exact) mass is 239 g/mol. The van der Waals surface area contributed by atoms with E-state index in [9.17, 15) is 4.79 Å². The van der Waals surface area contributed by atoms with Crippen molar-refractivity contribution in [1.82, 2.24) is 4.90 Å². The van der Waals surface area contributed by atoms with Gasteiger partial charge in [0.25, 0.3) is 0 Å². The van der Waals surface area contributed by atoms with E-state index < -0.39 is 0 Å². The van der Waals surface area contributed by atoms with Crippen LogP contribution >= 0.6 is 0 Å². The maximum Gasteiger partial charge on any atom is 0.137 e. The van der Waals surface area contributed by atoms with Gasteiger partial charge < -0.3 is 9.64 Å². The van der Waals surface area contributed by atoms with Crippen LogP contribution in [0.3, 0.4) is 0 Å². The van der Waals surface area contributed by atoms with Crippen LogP contribution in [-0.2, 0) is 9.53 Å². The Balaban J connectivity index is 1.71. The second-order valence-electron chi connectivity index (χ2n) is 5.69. The third-order valence-electron chi connectivity index (χ3n) is 4.12. The Morgan fingerprint density at radius 3 is 2.65 bits per heavy atom. The molecule has 2 rings (SSSR count). The molecule has 1 saturated carbocycles. The maximum atomic E-state index is 11.8. The van der Waals surface area contributed by atoms with Gasteiger partial charge in [0.15, 0.2) is 0 Å². The van der Waals surface area contributed by atoms with Gasteiger partial charge in [-0.3, -0.25) is 4.79 Å². The van der Waals surface area contributed by atoms with Gasteiger partial charge in [-0.2, -0.15) is 0 Å². The molecule has 1 atom stereocenters. The SMILES string of the molecule is CN(CC1CCOCC1)CC1CCCCC1=O. The van der Waals surface area contributed by atoms with Crippen molar-refractivity contribution in [2.75, 3.05) is 33.4 Å². The first kappa shape index (κ1) is 13.0. The molecule has 3 nitrogen and oxygen atoms in total. The summed E-state index contributed by atoms with van der Waals surface area (Å²) in [6, 6.07) is 0. The molecule has 0 N–H and O–H groups in total. The van der Waals surface area contributed by atoms with Crippen LogP contribution in [0.4, 0.5) is 0 Å². The summed E-state index contributed by atoms with van der Waals surface area (Å²) in [5.74, 6) is 1.58. The highest BCUT2D eigenvalue weighted by Crippen LogP contribution is 2.22. The Hall–Kier alpha value is -0.410. The third kappa shape index (κ3) is 4.07. The molecule has 3 heteroatoms. The smallest absolute Gasteiger partial charge is 0.137 e. The normalized spacial score (nSPS) is 27.6. The molecule has 0 aromatic carbocycles. The predicted molar refractivity (Wildman–Crippen MR) is 68.0 cm³/mol. The molecule has 1 heterocycles. The topological polar surface area (TPSA) is 29.5 Å². The van der Waals surface area contributed by atoms with E-state index in [1.54, 1.807) is 0 Å². The van der Waals surface area contributed by atoms with E-state index in [1.165, 1.54) is 19.3 Å². The number of nitrogens with zero attached hydrogens (tertiary/aromatic N) is 1. The van der Waals surface area contributed by atoms with Crippen molar-refractivity contribution in [2.24, 2.45) is 11.8 Å². The summed E-state index contributed by atoms with van der Waals surface area (Å²) < 4.78 is 5.38. The number of carbonyl (C=O) groups is 1. The molecular formula is C14H25NO2. The molecule has 0 bridgehead atoms. The van der Waals surface area contributed by atoms with Crippen molar-refractivity contribution in [1.29, 1.82) is 0 Å². The summed E-state index contributed by atoms with van der Waals surface area (Å²) in [5, 5.41) is 0. The Bertz CT molecular complexity index is 249. The largest absolute Gasteiger partial charge is 0.381 e. The fourth-order valence-corrected chi connectivity index (χ4v) is 3.07. The van der Waals surface area contributed by atoms with Gasteiger partial charge >= 0.3 is 0 Å². The second kappa shape index (κ2) is 6.50. The van der Waals surface area contributed by atoms with E-state index in [0.29, 0.717) is 11.7 Å². The zero-order chi connectivity index (χ0) is 12.1. The van der Waals surface area contributed by atoms with Gasteiger partial charge in [0.05, 0.1) is 0 Å². The number of hydrogen-bond acceptors (Lipinski definition) is 3. The van der Waals surface area contributed by atoms with Gasteiger partial charge in [-0.1, -0.05) is 6.42 Å². The summed E-state index contributed by atoms with van der Waals surface area (Å²) >= 11 is 0. The second-order valence-corrected chi connectivity index (χ2v) is 5.69. The van der Waals surface area contributed by atoms with Gasteiger partial charge in [0, 0.05) is 38.6 Å². The average Bonchev–Trinajstić information content (AvgIpc) is 2.33. The predicted octanol–water partition coefficient (Wildman–Crippen LogP) is 2.10. The minimum Gasteiger partial charge on any atom is -0.381 e. The molecule has 17 heavy (non-hydrogen) atoms. The number of hydrogen-bond donors (Lipinski definition) is 0.